The monoisotopic (exact) mass is 592 g/mol. The van der Waals surface area contributed by atoms with E-state index < -0.39 is 24.5 Å². The zero-order valence-corrected chi connectivity index (χ0v) is 24.5. The molecule has 9 heteroatoms. The molecule has 0 aliphatic heterocycles. The summed E-state index contributed by atoms with van der Waals surface area (Å²) in [6, 6.07) is 24.3. The molecule has 0 unspecified atom stereocenters. The lowest BCUT2D eigenvalue weighted by molar-refractivity contribution is -0.119. The SMILES string of the molecule is CCOC(=O)c1c(NC(=O)COC(=O)c2c(-c3ccccc3)c3ccccc3c(=O)n2C)sc2c1CCc1ccccc1-2. The summed E-state index contributed by atoms with van der Waals surface area (Å²) in [4.78, 5) is 53.8. The lowest BCUT2D eigenvalue weighted by Crippen LogP contribution is -2.28. The van der Waals surface area contributed by atoms with E-state index in [0.717, 1.165) is 28.0 Å². The number of hydrogen-bond acceptors (Lipinski definition) is 7. The van der Waals surface area contributed by atoms with Crippen LogP contribution in [0.4, 0.5) is 5.00 Å². The Kier molecular flexibility index (Phi) is 7.65. The van der Waals surface area contributed by atoms with Gasteiger partial charge in [0.2, 0.25) is 0 Å². The third-order valence-electron chi connectivity index (χ3n) is 7.54. The predicted octanol–water partition coefficient (Wildman–Crippen LogP) is 6.00. The van der Waals surface area contributed by atoms with Gasteiger partial charge in [0.25, 0.3) is 11.5 Å². The van der Waals surface area contributed by atoms with Gasteiger partial charge >= 0.3 is 11.9 Å². The van der Waals surface area contributed by atoms with Gasteiger partial charge in [-0.3, -0.25) is 9.59 Å². The molecule has 1 aliphatic carbocycles. The summed E-state index contributed by atoms with van der Waals surface area (Å²) >= 11 is 1.30. The second-order valence-electron chi connectivity index (χ2n) is 10.1. The Balaban J connectivity index is 1.30. The summed E-state index contributed by atoms with van der Waals surface area (Å²) in [5.74, 6) is -1.94. The number of ether oxygens (including phenoxy) is 2. The molecule has 216 valence electrons. The van der Waals surface area contributed by atoms with Crippen molar-refractivity contribution in [1.82, 2.24) is 4.57 Å². The van der Waals surface area contributed by atoms with Crippen LogP contribution in [0.1, 0.15) is 38.9 Å². The minimum absolute atomic E-state index is 0.0399. The van der Waals surface area contributed by atoms with E-state index in [1.807, 2.05) is 48.5 Å². The quantitative estimate of drug-likeness (QED) is 0.232. The van der Waals surface area contributed by atoms with Crippen molar-refractivity contribution in [3.63, 3.8) is 0 Å². The van der Waals surface area contributed by atoms with Gasteiger partial charge in [-0.1, -0.05) is 72.8 Å². The van der Waals surface area contributed by atoms with Crippen LogP contribution < -0.4 is 10.9 Å². The normalized spacial score (nSPS) is 11.9. The minimum atomic E-state index is -0.815. The topological polar surface area (TPSA) is 104 Å². The molecule has 1 N–H and O–H groups in total. The summed E-state index contributed by atoms with van der Waals surface area (Å²) < 4.78 is 12.1. The number of anilines is 1. The molecule has 1 aliphatic rings. The summed E-state index contributed by atoms with van der Waals surface area (Å²) in [5, 5.41) is 4.20. The molecule has 0 saturated carbocycles. The van der Waals surface area contributed by atoms with Gasteiger partial charge in [-0.2, -0.15) is 0 Å². The number of hydrogen-bond donors (Lipinski definition) is 1. The second kappa shape index (κ2) is 11.7. The molecule has 0 bridgehead atoms. The summed E-state index contributed by atoms with van der Waals surface area (Å²) in [6.45, 7) is 1.31. The molecule has 3 aromatic carbocycles. The average molecular weight is 593 g/mol. The fraction of sp³-hybridized carbons (Fsp3) is 0.176. The fourth-order valence-electron chi connectivity index (χ4n) is 5.61. The third-order valence-corrected chi connectivity index (χ3v) is 8.72. The molecule has 5 aromatic rings. The van der Waals surface area contributed by atoms with E-state index in [2.05, 4.69) is 11.4 Å². The number of aryl methyl sites for hydroxylation is 1. The number of thiophene rings is 1. The minimum Gasteiger partial charge on any atom is -0.462 e. The van der Waals surface area contributed by atoms with E-state index in [-0.39, 0.29) is 17.9 Å². The standard InChI is InChI=1S/C34H28N2O6S/c1-3-41-33(39)28-25-18-17-20-11-7-8-14-22(20)30(25)43-31(28)35-26(37)19-42-34(40)29-27(21-12-5-4-6-13-21)23-15-9-10-16-24(23)32(38)36(29)2/h4-16H,3,17-19H2,1-2H3,(H,35,37). The maximum absolute atomic E-state index is 13.5. The van der Waals surface area contributed by atoms with E-state index in [1.165, 1.54) is 28.5 Å². The molecule has 0 atom stereocenters. The van der Waals surface area contributed by atoms with Crippen molar-refractivity contribution in [3.8, 4) is 21.6 Å². The van der Waals surface area contributed by atoms with Crippen LogP contribution in [0, 0.1) is 0 Å². The number of carbonyl (C=O) groups excluding carboxylic acids is 3. The Morgan fingerprint density at radius 3 is 2.33 bits per heavy atom. The highest BCUT2D eigenvalue weighted by atomic mass is 32.1. The molecule has 0 fully saturated rings. The molecule has 2 heterocycles. The van der Waals surface area contributed by atoms with Gasteiger partial charge < -0.3 is 19.4 Å². The van der Waals surface area contributed by atoms with Gasteiger partial charge in [-0.15, -0.1) is 11.3 Å². The number of fused-ring (bicyclic) bond motifs is 4. The van der Waals surface area contributed by atoms with Gasteiger partial charge in [0.1, 0.15) is 10.7 Å². The van der Waals surface area contributed by atoms with Crippen molar-refractivity contribution in [1.29, 1.82) is 0 Å². The molecule has 6 rings (SSSR count). The number of aromatic nitrogens is 1. The van der Waals surface area contributed by atoms with Crippen molar-refractivity contribution in [2.45, 2.75) is 19.8 Å². The van der Waals surface area contributed by atoms with E-state index in [9.17, 15) is 19.2 Å². The van der Waals surface area contributed by atoms with Gasteiger partial charge in [-0.05, 0) is 53.5 Å². The number of rotatable bonds is 7. The van der Waals surface area contributed by atoms with Crippen LogP contribution in [0.5, 0.6) is 0 Å². The Morgan fingerprint density at radius 2 is 1.56 bits per heavy atom. The summed E-state index contributed by atoms with van der Waals surface area (Å²) in [5.41, 5.74) is 4.33. The van der Waals surface area contributed by atoms with Gasteiger partial charge in [0.05, 0.1) is 12.2 Å². The van der Waals surface area contributed by atoms with E-state index in [0.29, 0.717) is 33.3 Å². The number of benzene rings is 3. The largest absolute Gasteiger partial charge is 0.462 e. The molecule has 1 amide bonds. The molecule has 2 aromatic heterocycles. The molecule has 0 radical (unpaired) electrons. The van der Waals surface area contributed by atoms with Crippen LogP contribution in [0.25, 0.3) is 32.3 Å². The van der Waals surface area contributed by atoms with Crippen LogP contribution in [0.2, 0.25) is 0 Å². The highest BCUT2D eigenvalue weighted by molar-refractivity contribution is 7.20. The number of esters is 2. The second-order valence-corrected chi connectivity index (χ2v) is 11.1. The zero-order valence-electron chi connectivity index (χ0n) is 23.6. The Hall–Kier alpha value is -5.02. The number of amides is 1. The molecule has 8 nitrogen and oxygen atoms in total. The van der Waals surface area contributed by atoms with Crippen molar-refractivity contribution in [2.75, 3.05) is 18.5 Å². The fourth-order valence-corrected chi connectivity index (χ4v) is 6.93. The van der Waals surface area contributed by atoms with E-state index >= 15 is 0 Å². The highest BCUT2D eigenvalue weighted by Crippen LogP contribution is 2.45. The Morgan fingerprint density at radius 1 is 0.860 bits per heavy atom. The maximum Gasteiger partial charge on any atom is 0.356 e. The van der Waals surface area contributed by atoms with Crippen LogP contribution in [0.3, 0.4) is 0 Å². The molecular weight excluding hydrogens is 564 g/mol. The smallest absolute Gasteiger partial charge is 0.356 e. The number of nitrogens with zero attached hydrogens (tertiary/aromatic N) is 1. The number of carbonyl (C=O) groups is 3. The van der Waals surface area contributed by atoms with Gasteiger partial charge in [-0.25, -0.2) is 9.59 Å². The summed E-state index contributed by atoms with van der Waals surface area (Å²) in [7, 11) is 1.51. The van der Waals surface area contributed by atoms with Crippen LogP contribution in [-0.2, 0) is 34.2 Å². The molecule has 0 spiro atoms. The van der Waals surface area contributed by atoms with Crippen molar-refractivity contribution in [3.05, 3.63) is 112 Å². The summed E-state index contributed by atoms with van der Waals surface area (Å²) in [6.07, 6.45) is 1.41. The first-order valence-electron chi connectivity index (χ1n) is 13.9. The zero-order chi connectivity index (χ0) is 30.1. The van der Waals surface area contributed by atoms with Gasteiger partial charge in [0.15, 0.2) is 6.61 Å². The lowest BCUT2D eigenvalue weighted by Gasteiger charge is -2.17. The van der Waals surface area contributed by atoms with Crippen LogP contribution in [-0.4, -0.2) is 35.6 Å². The first kappa shape index (κ1) is 28.1. The molecule has 43 heavy (non-hydrogen) atoms. The Bertz CT molecular complexity index is 1960. The maximum atomic E-state index is 13.5. The molecular formula is C34H28N2O6S. The first-order valence-corrected chi connectivity index (χ1v) is 14.8. The van der Waals surface area contributed by atoms with Crippen molar-refractivity contribution >= 4 is 45.0 Å². The Labute approximate surface area is 251 Å². The first-order chi connectivity index (χ1) is 20.9. The van der Waals surface area contributed by atoms with E-state index in [4.69, 9.17) is 9.47 Å². The van der Waals surface area contributed by atoms with Gasteiger partial charge in [0, 0.05) is 22.9 Å². The third kappa shape index (κ3) is 5.12. The molecule has 0 saturated heterocycles. The number of nitrogens with one attached hydrogen (secondary N) is 1. The predicted molar refractivity (Wildman–Crippen MR) is 167 cm³/mol. The van der Waals surface area contributed by atoms with Crippen LogP contribution >= 0.6 is 11.3 Å². The van der Waals surface area contributed by atoms with Crippen molar-refractivity contribution < 1.29 is 23.9 Å². The van der Waals surface area contributed by atoms with Crippen molar-refractivity contribution in [2.24, 2.45) is 7.05 Å². The lowest BCUT2D eigenvalue weighted by atomic mass is 9.89. The van der Waals surface area contributed by atoms with Crippen LogP contribution in [0.15, 0.2) is 83.7 Å². The van der Waals surface area contributed by atoms with E-state index in [1.54, 1.807) is 31.2 Å². The number of pyridine rings is 1. The average Bonchev–Trinajstić information content (AvgIpc) is 3.40. The highest BCUT2D eigenvalue weighted by Gasteiger charge is 2.30.